The van der Waals surface area contributed by atoms with Crippen molar-refractivity contribution in [3.05, 3.63) is 22.2 Å². The number of nitrogens with zero attached hydrogens (tertiary/aromatic N) is 2. The molecule has 2 aromatic rings. The van der Waals surface area contributed by atoms with E-state index in [9.17, 15) is 4.79 Å². The number of pyridine rings is 1. The highest BCUT2D eigenvalue weighted by molar-refractivity contribution is 7.21. The van der Waals surface area contributed by atoms with Crippen molar-refractivity contribution in [1.29, 1.82) is 0 Å². The molecule has 0 unspecified atom stereocenters. The normalized spacial score (nSPS) is 13.6. The van der Waals surface area contributed by atoms with E-state index < -0.39 is 0 Å². The fourth-order valence-electron chi connectivity index (χ4n) is 2.66. The summed E-state index contributed by atoms with van der Waals surface area (Å²) < 4.78 is 5.01. The van der Waals surface area contributed by atoms with E-state index in [0.29, 0.717) is 23.7 Å². The van der Waals surface area contributed by atoms with Gasteiger partial charge in [0, 0.05) is 31.8 Å². The molecule has 112 valence electrons. The molecule has 0 aromatic carbocycles. The van der Waals surface area contributed by atoms with Crippen LogP contribution >= 0.6 is 11.3 Å². The molecule has 0 saturated carbocycles. The molecule has 0 spiro atoms. The van der Waals surface area contributed by atoms with Crippen molar-refractivity contribution in [1.82, 2.24) is 9.88 Å². The Balaban J connectivity index is 1.96. The van der Waals surface area contributed by atoms with Crippen LogP contribution in [0.4, 0.5) is 5.69 Å². The van der Waals surface area contributed by atoms with Gasteiger partial charge in [0.25, 0.3) is 5.91 Å². The third kappa shape index (κ3) is 2.49. The summed E-state index contributed by atoms with van der Waals surface area (Å²) in [4.78, 5) is 20.2. The van der Waals surface area contributed by atoms with Gasteiger partial charge in [-0.1, -0.05) is 0 Å². The number of hydrogen-bond donors (Lipinski definition) is 1. The minimum atomic E-state index is -0.0623. The Hall–Kier alpha value is -1.66. The van der Waals surface area contributed by atoms with E-state index in [4.69, 9.17) is 10.5 Å². The molecule has 2 heterocycles. The summed E-state index contributed by atoms with van der Waals surface area (Å²) in [6, 6.07) is 2.11. The Labute approximate surface area is 127 Å². The van der Waals surface area contributed by atoms with Crippen molar-refractivity contribution in [2.24, 2.45) is 0 Å². The predicted molar refractivity (Wildman–Crippen MR) is 84.9 cm³/mol. The monoisotopic (exact) mass is 305 g/mol. The van der Waals surface area contributed by atoms with Gasteiger partial charge in [-0.25, -0.2) is 4.98 Å². The van der Waals surface area contributed by atoms with Gasteiger partial charge >= 0.3 is 0 Å². The number of hydrogen-bond acceptors (Lipinski definition) is 5. The molecular formula is C15H19N3O2S. The number of nitrogens with two attached hydrogens (primary N) is 1. The molecule has 0 aliphatic heterocycles. The molecule has 21 heavy (non-hydrogen) atoms. The minimum Gasteiger partial charge on any atom is -0.397 e. The SMILES string of the molecule is COCCN(C)C(=O)c1sc2nc3c(cc2c1N)CCC3. The average Bonchev–Trinajstić information content (AvgIpc) is 3.06. The lowest BCUT2D eigenvalue weighted by molar-refractivity contribution is 0.0750. The number of amides is 1. The van der Waals surface area contributed by atoms with Gasteiger partial charge in [-0.3, -0.25) is 4.79 Å². The van der Waals surface area contributed by atoms with Crippen LogP contribution in [0.15, 0.2) is 6.07 Å². The number of methoxy groups -OCH3 is 1. The van der Waals surface area contributed by atoms with Crippen LogP contribution in [0.2, 0.25) is 0 Å². The molecule has 6 heteroatoms. The number of carbonyl (C=O) groups is 1. The summed E-state index contributed by atoms with van der Waals surface area (Å²) in [5.41, 5.74) is 9.19. The van der Waals surface area contributed by atoms with E-state index in [1.807, 2.05) is 0 Å². The highest BCUT2D eigenvalue weighted by Crippen LogP contribution is 2.36. The molecule has 0 fully saturated rings. The highest BCUT2D eigenvalue weighted by Gasteiger charge is 2.22. The topological polar surface area (TPSA) is 68.5 Å². The van der Waals surface area contributed by atoms with E-state index >= 15 is 0 Å². The van der Waals surface area contributed by atoms with Gasteiger partial charge in [-0.05, 0) is 30.9 Å². The third-order valence-corrected chi connectivity index (χ3v) is 5.02. The first-order valence-electron chi connectivity index (χ1n) is 7.07. The number of aryl methyl sites for hydroxylation is 2. The summed E-state index contributed by atoms with van der Waals surface area (Å²) >= 11 is 1.39. The van der Waals surface area contributed by atoms with Crippen LogP contribution in [0.5, 0.6) is 0 Å². The van der Waals surface area contributed by atoms with Crippen molar-refractivity contribution in [3.63, 3.8) is 0 Å². The lowest BCUT2D eigenvalue weighted by Crippen LogP contribution is -2.29. The van der Waals surface area contributed by atoms with Crippen molar-refractivity contribution < 1.29 is 9.53 Å². The van der Waals surface area contributed by atoms with Gasteiger partial charge in [-0.2, -0.15) is 0 Å². The Bertz CT molecular complexity index is 696. The number of ether oxygens (including phenoxy) is 1. The standard InChI is InChI=1S/C15H19N3O2S/c1-18(6-7-20-2)15(19)13-12(16)10-8-9-4-3-5-11(9)17-14(10)21-13/h8H,3-7,16H2,1-2H3. The van der Waals surface area contributed by atoms with Crippen molar-refractivity contribution in [2.45, 2.75) is 19.3 Å². The number of anilines is 1. The maximum absolute atomic E-state index is 12.5. The minimum absolute atomic E-state index is 0.0623. The Morgan fingerprint density at radius 3 is 3.10 bits per heavy atom. The summed E-state index contributed by atoms with van der Waals surface area (Å²) in [6.07, 6.45) is 3.25. The largest absolute Gasteiger partial charge is 0.397 e. The van der Waals surface area contributed by atoms with Gasteiger partial charge in [0.05, 0.1) is 12.3 Å². The summed E-state index contributed by atoms with van der Waals surface area (Å²) in [7, 11) is 3.39. The predicted octanol–water partition coefficient (Wildman–Crippen LogP) is 2.09. The second-order valence-electron chi connectivity index (χ2n) is 5.36. The van der Waals surface area contributed by atoms with Gasteiger partial charge < -0.3 is 15.4 Å². The lowest BCUT2D eigenvalue weighted by atomic mass is 10.1. The molecular weight excluding hydrogens is 286 g/mol. The van der Waals surface area contributed by atoms with E-state index in [1.54, 1.807) is 19.1 Å². The van der Waals surface area contributed by atoms with Crippen LogP contribution in [-0.2, 0) is 17.6 Å². The Morgan fingerprint density at radius 1 is 1.52 bits per heavy atom. The molecule has 2 N–H and O–H groups in total. The molecule has 0 radical (unpaired) electrons. The number of thiophene rings is 1. The first-order valence-corrected chi connectivity index (χ1v) is 7.88. The van der Waals surface area contributed by atoms with Crippen LogP contribution in [-0.4, -0.2) is 43.1 Å². The van der Waals surface area contributed by atoms with Gasteiger partial charge in [0.1, 0.15) is 9.71 Å². The molecule has 1 aliphatic carbocycles. The van der Waals surface area contributed by atoms with Gasteiger partial charge in [0.2, 0.25) is 0 Å². The number of carbonyl (C=O) groups excluding carboxylic acids is 1. The molecule has 2 aromatic heterocycles. The number of rotatable bonds is 4. The molecule has 0 bridgehead atoms. The zero-order valence-electron chi connectivity index (χ0n) is 12.3. The molecule has 1 amide bonds. The average molecular weight is 305 g/mol. The molecule has 0 saturated heterocycles. The summed E-state index contributed by atoms with van der Waals surface area (Å²) in [6.45, 7) is 1.06. The van der Waals surface area contributed by atoms with Gasteiger partial charge in [0.15, 0.2) is 0 Å². The maximum Gasteiger partial charge on any atom is 0.265 e. The quantitative estimate of drug-likeness (QED) is 0.939. The van der Waals surface area contributed by atoms with E-state index in [1.165, 1.54) is 16.9 Å². The van der Waals surface area contributed by atoms with E-state index in [0.717, 1.165) is 35.2 Å². The first kappa shape index (κ1) is 14.3. The number of aromatic nitrogens is 1. The lowest BCUT2D eigenvalue weighted by Gasteiger charge is -2.15. The Morgan fingerprint density at radius 2 is 2.33 bits per heavy atom. The highest BCUT2D eigenvalue weighted by atomic mass is 32.1. The van der Waals surface area contributed by atoms with Crippen LogP contribution in [0.25, 0.3) is 10.2 Å². The van der Waals surface area contributed by atoms with Gasteiger partial charge in [-0.15, -0.1) is 11.3 Å². The van der Waals surface area contributed by atoms with Crippen LogP contribution in [0, 0.1) is 0 Å². The summed E-state index contributed by atoms with van der Waals surface area (Å²) in [5.74, 6) is -0.0623. The van der Waals surface area contributed by atoms with Crippen LogP contribution in [0.3, 0.4) is 0 Å². The first-order chi connectivity index (χ1) is 10.1. The van der Waals surface area contributed by atoms with Crippen LogP contribution < -0.4 is 5.73 Å². The fourth-order valence-corrected chi connectivity index (χ4v) is 3.75. The fraction of sp³-hybridized carbons (Fsp3) is 0.467. The zero-order chi connectivity index (χ0) is 15.0. The zero-order valence-corrected chi connectivity index (χ0v) is 13.1. The number of nitrogen functional groups attached to an aromatic ring is 1. The smallest absolute Gasteiger partial charge is 0.265 e. The van der Waals surface area contributed by atoms with E-state index in [-0.39, 0.29) is 5.91 Å². The second kappa shape index (κ2) is 5.61. The number of likely N-dealkylation sites (N-methyl/N-ethyl adjacent to an activating group) is 1. The van der Waals surface area contributed by atoms with Crippen molar-refractivity contribution in [2.75, 3.05) is 33.0 Å². The second-order valence-corrected chi connectivity index (χ2v) is 6.36. The van der Waals surface area contributed by atoms with Crippen molar-refractivity contribution >= 4 is 33.1 Å². The molecule has 3 rings (SSSR count). The summed E-state index contributed by atoms with van der Waals surface area (Å²) in [5, 5.41) is 0.921. The van der Waals surface area contributed by atoms with Crippen molar-refractivity contribution in [3.8, 4) is 0 Å². The third-order valence-electron chi connectivity index (χ3n) is 3.92. The molecule has 5 nitrogen and oxygen atoms in total. The molecule has 0 atom stereocenters. The maximum atomic E-state index is 12.5. The van der Waals surface area contributed by atoms with Crippen LogP contribution in [0.1, 0.15) is 27.3 Å². The number of fused-ring (bicyclic) bond motifs is 2. The Kier molecular flexibility index (Phi) is 3.82. The molecule has 1 aliphatic rings. The van der Waals surface area contributed by atoms with E-state index in [2.05, 4.69) is 11.1 Å².